The summed E-state index contributed by atoms with van der Waals surface area (Å²) in [6.45, 7) is 0. The van der Waals surface area contributed by atoms with E-state index in [2.05, 4.69) is 36.4 Å². The Kier molecular flexibility index (Phi) is 4.98. The van der Waals surface area contributed by atoms with Gasteiger partial charge in [-0.15, -0.1) is 11.1 Å². The van der Waals surface area contributed by atoms with Crippen LogP contribution in [-0.2, 0) is 39.1 Å². The largest absolute Gasteiger partial charge is 0.386 e. The summed E-state index contributed by atoms with van der Waals surface area (Å²) in [4.78, 5) is 0. The molecule has 1 atom stereocenters. The van der Waals surface area contributed by atoms with E-state index in [-0.39, 0.29) is 40.1 Å². The summed E-state index contributed by atoms with van der Waals surface area (Å²) in [6.07, 6.45) is 0.315. The Morgan fingerprint density at radius 1 is 0.952 bits per heavy atom. The van der Waals surface area contributed by atoms with Gasteiger partial charge in [0.2, 0.25) is 0 Å². The van der Waals surface area contributed by atoms with E-state index in [1.165, 1.54) is 16.5 Å². The molecule has 4 rings (SSSR count). The molecule has 103 valence electrons. The van der Waals surface area contributed by atoms with Crippen LogP contribution < -0.4 is 0 Å². The van der Waals surface area contributed by atoms with Crippen molar-refractivity contribution in [2.75, 3.05) is 0 Å². The molecule has 1 radical (unpaired) electrons. The monoisotopic (exact) mass is 349 g/mol. The van der Waals surface area contributed by atoms with Crippen LogP contribution in [0.3, 0.4) is 0 Å². The van der Waals surface area contributed by atoms with E-state index < -0.39 is 6.10 Å². The average molecular weight is 349 g/mol. The van der Waals surface area contributed by atoms with Crippen molar-refractivity contribution in [2.24, 2.45) is 0 Å². The smallest absolute Gasteiger partial charge is 0.0828 e. The van der Waals surface area contributed by atoms with Crippen LogP contribution in [0.5, 0.6) is 0 Å². The van der Waals surface area contributed by atoms with Gasteiger partial charge in [-0.25, -0.2) is 0 Å². The van der Waals surface area contributed by atoms with E-state index in [4.69, 9.17) is 0 Å². The molecular weight excluding hydrogens is 333 g/mol. The number of hydrogen-bond acceptors (Lipinski definition) is 1. The molecule has 0 bridgehead atoms. The number of hydrogen-bond donors (Lipinski definition) is 1. The predicted octanol–water partition coefficient (Wildman–Crippen LogP) is 4.07. The minimum atomic E-state index is -0.564. The molecule has 1 aliphatic carbocycles. The van der Waals surface area contributed by atoms with Gasteiger partial charge >= 0.3 is 0 Å². The van der Waals surface area contributed by atoms with Crippen molar-refractivity contribution in [2.45, 2.75) is 12.5 Å². The van der Waals surface area contributed by atoms with Gasteiger partial charge in [0.25, 0.3) is 0 Å². The van der Waals surface area contributed by atoms with Gasteiger partial charge in [-0.1, -0.05) is 36.4 Å². The molecule has 0 spiro atoms. The van der Waals surface area contributed by atoms with Crippen molar-refractivity contribution in [3.05, 3.63) is 90.3 Å². The van der Waals surface area contributed by atoms with E-state index >= 15 is 0 Å². The minimum absolute atomic E-state index is 0. The SMILES string of the molecule is OC1c2[c-]cccc2Cc2ccc3ccccc3c21.[CH3-].[Y]. The normalized spacial score (nSPS) is 15.4. The molecule has 3 aromatic rings. The Morgan fingerprint density at radius 2 is 1.76 bits per heavy atom. The van der Waals surface area contributed by atoms with E-state index in [1.807, 2.05) is 24.3 Å². The van der Waals surface area contributed by atoms with Crippen LogP contribution >= 0.6 is 0 Å². The molecule has 2 heteroatoms. The third-order valence-corrected chi connectivity index (χ3v) is 3.97. The van der Waals surface area contributed by atoms with Crippen LogP contribution in [0.4, 0.5) is 0 Å². The quantitative estimate of drug-likeness (QED) is 0.607. The molecule has 0 saturated heterocycles. The maximum absolute atomic E-state index is 10.7. The fourth-order valence-corrected chi connectivity index (χ4v) is 3.06. The Bertz CT molecular complexity index is 779. The minimum Gasteiger partial charge on any atom is -0.386 e. The number of aliphatic hydroxyl groups is 1. The van der Waals surface area contributed by atoms with Crippen molar-refractivity contribution in [1.29, 1.82) is 0 Å². The molecule has 3 aromatic carbocycles. The molecule has 21 heavy (non-hydrogen) atoms. The summed E-state index contributed by atoms with van der Waals surface area (Å²) in [6, 6.07) is 21.6. The first-order valence-electron chi connectivity index (χ1n) is 6.52. The predicted molar refractivity (Wildman–Crippen MR) is 82.5 cm³/mol. The second-order valence-corrected chi connectivity index (χ2v) is 5.05. The first-order valence-corrected chi connectivity index (χ1v) is 6.52. The topological polar surface area (TPSA) is 20.2 Å². The third kappa shape index (κ3) is 2.59. The zero-order valence-corrected chi connectivity index (χ0v) is 14.8. The Labute approximate surface area is 150 Å². The number of aliphatic hydroxyl groups excluding tert-OH is 1. The van der Waals surface area contributed by atoms with Gasteiger partial charge in [0.15, 0.2) is 0 Å². The summed E-state index contributed by atoms with van der Waals surface area (Å²) < 4.78 is 0. The van der Waals surface area contributed by atoms with Gasteiger partial charge in [0, 0.05) is 32.7 Å². The maximum Gasteiger partial charge on any atom is 0.0828 e. The van der Waals surface area contributed by atoms with Gasteiger partial charge in [-0.3, -0.25) is 0 Å². The van der Waals surface area contributed by atoms with Crippen LogP contribution in [-0.4, -0.2) is 5.11 Å². The molecule has 0 fully saturated rings. The first-order chi connectivity index (χ1) is 9.34. The first kappa shape index (κ1) is 16.4. The van der Waals surface area contributed by atoms with E-state index in [0.29, 0.717) is 0 Å². The zero-order chi connectivity index (χ0) is 12.8. The Hall–Kier alpha value is -1.02. The van der Waals surface area contributed by atoms with Crippen molar-refractivity contribution in [3.63, 3.8) is 0 Å². The molecule has 1 N–H and O–H groups in total. The summed E-state index contributed by atoms with van der Waals surface area (Å²) in [7, 11) is 0. The summed E-state index contributed by atoms with van der Waals surface area (Å²) in [5.74, 6) is 0. The van der Waals surface area contributed by atoms with Crippen LogP contribution in [0.25, 0.3) is 10.8 Å². The summed E-state index contributed by atoms with van der Waals surface area (Å²) in [5.41, 5.74) is 4.37. The third-order valence-electron chi connectivity index (χ3n) is 3.97. The van der Waals surface area contributed by atoms with Crippen molar-refractivity contribution >= 4 is 10.8 Å². The number of benzene rings is 3. The van der Waals surface area contributed by atoms with Gasteiger partial charge in [0.1, 0.15) is 0 Å². The van der Waals surface area contributed by atoms with Crippen LogP contribution in [0, 0.1) is 13.5 Å². The van der Waals surface area contributed by atoms with Gasteiger partial charge < -0.3 is 12.5 Å². The molecule has 0 amide bonds. The fraction of sp³-hybridized carbons (Fsp3) is 0.105. The van der Waals surface area contributed by atoms with Gasteiger partial charge in [0.05, 0.1) is 6.10 Å². The summed E-state index contributed by atoms with van der Waals surface area (Å²) >= 11 is 0. The van der Waals surface area contributed by atoms with Gasteiger partial charge in [-0.05, 0) is 28.3 Å². The Morgan fingerprint density at radius 3 is 2.62 bits per heavy atom. The van der Waals surface area contributed by atoms with Crippen LogP contribution in [0.2, 0.25) is 0 Å². The molecule has 0 aromatic heterocycles. The van der Waals surface area contributed by atoms with Crippen LogP contribution in [0.15, 0.2) is 54.6 Å². The second-order valence-electron chi connectivity index (χ2n) is 5.05. The number of rotatable bonds is 0. The molecule has 1 aliphatic rings. The van der Waals surface area contributed by atoms with Crippen LogP contribution in [0.1, 0.15) is 28.4 Å². The molecule has 1 nitrogen and oxygen atoms in total. The maximum atomic E-state index is 10.7. The molecule has 1 unspecified atom stereocenters. The average Bonchev–Trinajstić information content (AvgIpc) is 2.47. The van der Waals surface area contributed by atoms with E-state index in [1.54, 1.807) is 0 Å². The van der Waals surface area contributed by atoms with E-state index in [9.17, 15) is 5.11 Å². The molecule has 0 saturated carbocycles. The number of fused-ring (bicyclic) bond motifs is 4. The van der Waals surface area contributed by atoms with E-state index in [0.717, 1.165) is 22.9 Å². The standard InChI is InChI=1S/C18H13O.CH3.Y/c19-18-16-8-4-2-6-13(16)11-14-10-9-12-5-1-3-7-15(12)17(14)18;;/h1-7,9-10,18-19H,11H2;1H3;/q2*-1;. The zero-order valence-electron chi connectivity index (χ0n) is 12.0. The molecule has 0 heterocycles. The summed E-state index contributed by atoms with van der Waals surface area (Å²) in [5, 5.41) is 13.0. The second kappa shape index (κ2) is 6.40. The fourth-order valence-electron chi connectivity index (χ4n) is 3.06. The molecular formula is C19H16OY-2. The van der Waals surface area contributed by atoms with Crippen molar-refractivity contribution in [1.82, 2.24) is 0 Å². The van der Waals surface area contributed by atoms with Crippen molar-refractivity contribution in [3.8, 4) is 0 Å². The van der Waals surface area contributed by atoms with Crippen molar-refractivity contribution < 1.29 is 37.8 Å². The van der Waals surface area contributed by atoms with Gasteiger partial charge in [-0.2, -0.15) is 24.3 Å². The Balaban J connectivity index is 0.000000807. The molecule has 0 aliphatic heterocycles.